The van der Waals surface area contributed by atoms with E-state index in [0.29, 0.717) is 0 Å². The lowest BCUT2D eigenvalue weighted by Crippen LogP contribution is -2.26. The second-order valence-electron chi connectivity index (χ2n) is 4.45. The van der Waals surface area contributed by atoms with E-state index in [1.165, 1.54) is 0 Å². The fraction of sp³-hybridized carbons (Fsp3) is 0.500. The Bertz CT molecular complexity index is 431. The largest absolute Gasteiger partial charge is 0.380 e. The molecule has 1 N–H and O–H groups in total. The van der Waals surface area contributed by atoms with E-state index in [-0.39, 0.29) is 0 Å². The van der Waals surface area contributed by atoms with Crippen LogP contribution in [0.5, 0.6) is 0 Å². The Balaban J connectivity index is 2.23. The first-order valence-corrected chi connectivity index (χ1v) is 6.35. The van der Waals surface area contributed by atoms with E-state index in [4.69, 9.17) is 4.74 Å². The van der Waals surface area contributed by atoms with Gasteiger partial charge < -0.3 is 15.0 Å². The van der Waals surface area contributed by atoms with Crippen molar-refractivity contribution < 1.29 is 4.74 Å². The predicted molar refractivity (Wildman–Crippen MR) is 71.6 cm³/mol. The summed E-state index contributed by atoms with van der Waals surface area (Å²) in [6.45, 7) is 4.16. The SMILES string of the molecule is CNCc1ccc(N2CCCOCC2)c(C#N)c1. The molecular weight excluding hydrogens is 226 g/mol. The Morgan fingerprint density at radius 3 is 3.06 bits per heavy atom. The van der Waals surface area contributed by atoms with Gasteiger partial charge in [-0.05, 0) is 31.2 Å². The second kappa shape index (κ2) is 6.39. The van der Waals surface area contributed by atoms with Gasteiger partial charge in [-0.2, -0.15) is 5.26 Å². The Morgan fingerprint density at radius 2 is 2.28 bits per heavy atom. The lowest BCUT2D eigenvalue weighted by atomic mass is 10.1. The molecule has 0 unspecified atom stereocenters. The minimum absolute atomic E-state index is 0.739. The summed E-state index contributed by atoms with van der Waals surface area (Å²) in [6, 6.07) is 8.41. The third kappa shape index (κ3) is 3.00. The number of nitrogens with one attached hydrogen (secondary N) is 1. The molecule has 2 rings (SSSR count). The highest BCUT2D eigenvalue weighted by Gasteiger charge is 2.13. The quantitative estimate of drug-likeness (QED) is 0.877. The lowest BCUT2D eigenvalue weighted by molar-refractivity contribution is 0.152. The van der Waals surface area contributed by atoms with E-state index in [1.807, 2.05) is 13.1 Å². The van der Waals surface area contributed by atoms with Gasteiger partial charge in [0.1, 0.15) is 6.07 Å². The molecule has 1 aromatic carbocycles. The molecule has 0 aromatic heterocycles. The van der Waals surface area contributed by atoms with E-state index in [9.17, 15) is 5.26 Å². The van der Waals surface area contributed by atoms with Gasteiger partial charge in [-0.3, -0.25) is 0 Å². The molecule has 18 heavy (non-hydrogen) atoms. The fourth-order valence-corrected chi connectivity index (χ4v) is 2.25. The minimum atomic E-state index is 0.739. The van der Waals surface area contributed by atoms with Crippen molar-refractivity contribution in [2.24, 2.45) is 0 Å². The van der Waals surface area contributed by atoms with Gasteiger partial charge in [0.05, 0.1) is 17.9 Å². The molecule has 0 spiro atoms. The van der Waals surface area contributed by atoms with Crippen molar-refractivity contribution >= 4 is 5.69 Å². The molecule has 96 valence electrons. The Kier molecular flexibility index (Phi) is 4.57. The molecule has 1 aliphatic heterocycles. The van der Waals surface area contributed by atoms with Crippen molar-refractivity contribution in [3.05, 3.63) is 29.3 Å². The van der Waals surface area contributed by atoms with Crippen LogP contribution in [0, 0.1) is 11.3 Å². The molecule has 1 saturated heterocycles. The maximum atomic E-state index is 9.28. The van der Waals surface area contributed by atoms with Gasteiger partial charge >= 0.3 is 0 Å². The average Bonchev–Trinajstić information content (AvgIpc) is 2.68. The van der Waals surface area contributed by atoms with Crippen molar-refractivity contribution in [1.82, 2.24) is 5.32 Å². The van der Waals surface area contributed by atoms with Crippen molar-refractivity contribution in [3.8, 4) is 6.07 Å². The third-order valence-electron chi connectivity index (χ3n) is 3.13. The predicted octanol–water partition coefficient (Wildman–Crippen LogP) is 1.50. The first kappa shape index (κ1) is 12.9. The van der Waals surface area contributed by atoms with E-state index in [1.54, 1.807) is 0 Å². The maximum absolute atomic E-state index is 9.28. The third-order valence-corrected chi connectivity index (χ3v) is 3.13. The topological polar surface area (TPSA) is 48.3 Å². The van der Waals surface area contributed by atoms with Gasteiger partial charge in [-0.1, -0.05) is 6.07 Å². The van der Waals surface area contributed by atoms with Crippen molar-refractivity contribution in [2.45, 2.75) is 13.0 Å². The van der Waals surface area contributed by atoms with Crippen molar-refractivity contribution in [2.75, 3.05) is 38.3 Å². The minimum Gasteiger partial charge on any atom is -0.380 e. The zero-order valence-electron chi connectivity index (χ0n) is 10.8. The summed E-state index contributed by atoms with van der Waals surface area (Å²) in [5, 5.41) is 12.4. The zero-order chi connectivity index (χ0) is 12.8. The Morgan fingerprint density at radius 1 is 1.39 bits per heavy atom. The Hall–Kier alpha value is -1.57. The molecule has 0 atom stereocenters. The van der Waals surface area contributed by atoms with Crippen LogP contribution in [0.25, 0.3) is 0 Å². The van der Waals surface area contributed by atoms with Crippen LogP contribution < -0.4 is 10.2 Å². The number of hydrogen-bond donors (Lipinski definition) is 1. The highest BCUT2D eigenvalue weighted by molar-refractivity contribution is 5.60. The number of hydrogen-bond acceptors (Lipinski definition) is 4. The number of nitrogens with zero attached hydrogens (tertiary/aromatic N) is 2. The molecule has 1 fully saturated rings. The van der Waals surface area contributed by atoms with Gasteiger partial charge in [0.2, 0.25) is 0 Å². The lowest BCUT2D eigenvalue weighted by Gasteiger charge is -2.23. The van der Waals surface area contributed by atoms with Crippen LogP contribution in [0.4, 0.5) is 5.69 Å². The maximum Gasteiger partial charge on any atom is 0.101 e. The standard InChI is InChI=1S/C14H19N3O/c1-16-11-12-3-4-14(13(9-12)10-15)17-5-2-7-18-8-6-17/h3-4,9,16H,2,5-8,11H2,1H3. The molecule has 0 aliphatic carbocycles. The van der Waals surface area contributed by atoms with Crippen molar-refractivity contribution in [1.29, 1.82) is 5.26 Å². The summed E-state index contributed by atoms with van der Waals surface area (Å²) in [5.41, 5.74) is 2.93. The molecule has 1 heterocycles. The normalized spacial score (nSPS) is 16.1. The van der Waals surface area contributed by atoms with Gasteiger partial charge in [-0.15, -0.1) is 0 Å². The summed E-state index contributed by atoms with van der Waals surface area (Å²) in [6.07, 6.45) is 1.02. The monoisotopic (exact) mass is 245 g/mol. The highest BCUT2D eigenvalue weighted by atomic mass is 16.5. The van der Waals surface area contributed by atoms with Crippen LogP contribution in [-0.4, -0.2) is 33.4 Å². The van der Waals surface area contributed by atoms with Crippen LogP contribution >= 0.6 is 0 Å². The van der Waals surface area contributed by atoms with Gasteiger partial charge in [-0.25, -0.2) is 0 Å². The average molecular weight is 245 g/mol. The smallest absolute Gasteiger partial charge is 0.101 e. The van der Waals surface area contributed by atoms with Crippen LogP contribution in [0.1, 0.15) is 17.5 Å². The molecule has 1 aromatic rings. The zero-order valence-corrected chi connectivity index (χ0v) is 10.8. The Labute approximate surface area is 108 Å². The van der Waals surface area contributed by atoms with E-state index >= 15 is 0 Å². The van der Waals surface area contributed by atoms with E-state index in [2.05, 4.69) is 28.4 Å². The van der Waals surface area contributed by atoms with Crippen LogP contribution in [0.15, 0.2) is 18.2 Å². The summed E-state index contributed by atoms with van der Waals surface area (Å²) >= 11 is 0. The molecule has 4 heteroatoms. The summed E-state index contributed by atoms with van der Waals surface area (Å²) in [4.78, 5) is 2.24. The number of nitriles is 1. The number of anilines is 1. The number of ether oxygens (including phenoxy) is 1. The second-order valence-corrected chi connectivity index (χ2v) is 4.45. The molecule has 0 amide bonds. The van der Waals surface area contributed by atoms with Gasteiger partial charge in [0.25, 0.3) is 0 Å². The van der Waals surface area contributed by atoms with Gasteiger partial charge in [0.15, 0.2) is 0 Å². The van der Waals surface area contributed by atoms with Crippen LogP contribution in [-0.2, 0) is 11.3 Å². The van der Waals surface area contributed by atoms with E-state index in [0.717, 1.165) is 56.1 Å². The molecule has 0 radical (unpaired) electrons. The summed E-state index contributed by atoms with van der Waals surface area (Å²) in [7, 11) is 1.91. The first-order chi connectivity index (χ1) is 8.85. The highest BCUT2D eigenvalue weighted by Crippen LogP contribution is 2.22. The van der Waals surface area contributed by atoms with Crippen LogP contribution in [0.2, 0.25) is 0 Å². The fourth-order valence-electron chi connectivity index (χ4n) is 2.25. The van der Waals surface area contributed by atoms with Crippen LogP contribution in [0.3, 0.4) is 0 Å². The molecule has 0 bridgehead atoms. The number of rotatable bonds is 3. The number of benzene rings is 1. The van der Waals surface area contributed by atoms with E-state index < -0.39 is 0 Å². The molecule has 1 aliphatic rings. The molecule has 4 nitrogen and oxygen atoms in total. The summed E-state index contributed by atoms with van der Waals surface area (Å²) < 4.78 is 5.45. The van der Waals surface area contributed by atoms with Crippen molar-refractivity contribution in [3.63, 3.8) is 0 Å². The summed E-state index contributed by atoms with van der Waals surface area (Å²) in [5.74, 6) is 0. The molecular formula is C14H19N3O. The first-order valence-electron chi connectivity index (χ1n) is 6.35. The van der Waals surface area contributed by atoms with Gasteiger partial charge in [0, 0.05) is 26.2 Å². The molecule has 0 saturated carbocycles.